The van der Waals surface area contributed by atoms with Crippen molar-refractivity contribution in [3.63, 3.8) is 0 Å². The van der Waals surface area contributed by atoms with Crippen LogP contribution in [-0.4, -0.2) is 136 Å². The second kappa shape index (κ2) is 41.7. The van der Waals surface area contributed by atoms with Crippen LogP contribution >= 0.6 is 0 Å². The number of carboxylic acids is 8. The highest BCUT2D eigenvalue weighted by molar-refractivity contribution is 6.35. The number of ether oxygens (including phenoxy) is 1. The van der Waals surface area contributed by atoms with Gasteiger partial charge in [0.1, 0.15) is 11.5 Å². The van der Waals surface area contributed by atoms with Crippen molar-refractivity contribution in [2.75, 3.05) is 42.5 Å². The molecule has 33 nitrogen and oxygen atoms in total. The number of hydrogen-bond acceptors (Lipinski definition) is 17. The minimum absolute atomic E-state index is 0.00977. The molecule has 0 fully saturated rings. The average molecular weight is 1890 g/mol. The molecule has 698 valence electrons. The Morgan fingerprint density at radius 1 is 0.177 bits per heavy atom. The number of rotatable bonds is 34. The summed E-state index contributed by atoms with van der Waals surface area (Å²) in [6.45, 7) is 29.4. The standard InChI is InChI=1S/C56H38N4O12.C52H38N4O13/c1-5-27-9-13-31(53(65)66)39(21-27)49(61)57-43-25-44(58-50(62)40-22-28(6-2)10-14-32(40)54(67)68)36-19-20-38-46(60-52(64)42-24-30(8-4)12-16-34(42)56(71)72)26-45(37-18-17-35(43)47(36)48(37)38)59-51(63)41-23-29(7-3)11-15-33(41)55(69)70;1-5-27-9-15-33(37(21-27)49(61)62)45(57)53-41-19-13-31(25-43(41)55-47(59)35-17-11-29(7-3)23-39(35)51(65)66)69-32-14-20-42(54-46(58)34-16-10-28(6-2)22-38(34)50(63)64)44(26-32)56-48(60)36-18-12-30(8-4)24-40(36)52(67)68/h5-26H,1-4H2,(H,57,61)(H,58,62)(H,59,63)(H,60,64)(H,65,66)(H,67,68)(H,69,70)(H,71,72);5-26H,1-4H2,(H,53,57)(H,54,58)(H,55,59)(H,56,60)(H,61,62)(H,63,64)(H,65,66)(H,67,68). The van der Waals surface area contributed by atoms with Crippen molar-refractivity contribution in [1.82, 2.24) is 0 Å². The molecule has 8 amide bonds. The summed E-state index contributed by atoms with van der Waals surface area (Å²) in [5.41, 5.74) is -2.00. The zero-order chi connectivity index (χ0) is 102. The number of anilines is 8. The van der Waals surface area contributed by atoms with Crippen LogP contribution in [0.4, 0.5) is 45.5 Å². The molecular formula is C108H76N8O25. The number of amides is 8. The maximum atomic E-state index is 14.3. The second-order valence-electron chi connectivity index (χ2n) is 30.7. The summed E-state index contributed by atoms with van der Waals surface area (Å²) in [6.07, 6.45) is 11.2. The minimum Gasteiger partial charge on any atom is -0.478 e. The van der Waals surface area contributed by atoms with Crippen molar-refractivity contribution < 1.29 is 122 Å². The summed E-state index contributed by atoms with van der Waals surface area (Å²) in [7, 11) is 0. The minimum atomic E-state index is -1.43. The number of hydrogen-bond donors (Lipinski definition) is 16. The average Bonchev–Trinajstić information content (AvgIpc) is 0.712. The first-order valence-electron chi connectivity index (χ1n) is 41.6. The number of nitrogens with one attached hydrogen (secondary N) is 8. The van der Waals surface area contributed by atoms with Crippen LogP contribution in [0, 0.1) is 0 Å². The number of carbonyl (C=O) groups is 16. The molecular weight excluding hydrogens is 1810 g/mol. The molecule has 0 unspecified atom stereocenters. The van der Waals surface area contributed by atoms with Crippen LogP contribution < -0.4 is 47.3 Å². The van der Waals surface area contributed by atoms with E-state index >= 15 is 0 Å². The van der Waals surface area contributed by atoms with Gasteiger partial charge in [-0.3, -0.25) is 38.4 Å². The molecule has 0 bridgehead atoms. The molecule has 14 rings (SSSR count). The van der Waals surface area contributed by atoms with Crippen molar-refractivity contribution in [3.05, 3.63) is 405 Å². The maximum Gasteiger partial charge on any atom is 0.336 e. The fourth-order valence-electron chi connectivity index (χ4n) is 15.2. The summed E-state index contributed by atoms with van der Waals surface area (Å²) in [4.78, 5) is 211. The Labute approximate surface area is 798 Å². The van der Waals surface area contributed by atoms with E-state index in [4.69, 9.17) is 4.74 Å². The molecule has 141 heavy (non-hydrogen) atoms. The second-order valence-corrected chi connectivity index (χ2v) is 30.7. The van der Waals surface area contributed by atoms with Crippen LogP contribution in [-0.2, 0) is 0 Å². The molecule has 0 saturated carbocycles. The first kappa shape index (κ1) is 97.9. The largest absolute Gasteiger partial charge is 0.478 e. The fourth-order valence-corrected chi connectivity index (χ4v) is 15.2. The lowest BCUT2D eigenvalue weighted by molar-refractivity contribution is 0.0683. The first-order chi connectivity index (χ1) is 67.4. The van der Waals surface area contributed by atoms with Crippen molar-refractivity contribution >= 4 is 221 Å². The predicted molar refractivity (Wildman–Crippen MR) is 535 cm³/mol. The van der Waals surface area contributed by atoms with Gasteiger partial charge in [-0.2, -0.15) is 0 Å². The molecule has 0 saturated heterocycles. The lowest BCUT2D eigenvalue weighted by Gasteiger charge is -2.22. The Balaban J connectivity index is 0.000000237. The van der Waals surface area contributed by atoms with E-state index in [1.807, 2.05) is 0 Å². The van der Waals surface area contributed by atoms with Crippen molar-refractivity contribution in [1.29, 1.82) is 0 Å². The molecule has 0 radical (unpaired) electrons. The van der Waals surface area contributed by atoms with Crippen molar-refractivity contribution in [2.24, 2.45) is 0 Å². The molecule has 0 aromatic heterocycles. The lowest BCUT2D eigenvalue weighted by atomic mass is 9.90. The quantitative estimate of drug-likeness (QED) is 0.0167. The maximum absolute atomic E-state index is 14.3. The van der Waals surface area contributed by atoms with Crippen LogP contribution in [0.15, 0.2) is 271 Å². The predicted octanol–water partition coefficient (Wildman–Crippen LogP) is 20.8. The summed E-state index contributed by atoms with van der Waals surface area (Å²) in [5, 5.41) is 103. The fraction of sp³-hybridized carbons (Fsp3) is 0. The zero-order valence-corrected chi connectivity index (χ0v) is 73.6. The van der Waals surface area contributed by atoms with Crippen LogP contribution in [0.25, 0.3) is 80.9 Å². The van der Waals surface area contributed by atoms with Gasteiger partial charge >= 0.3 is 47.8 Å². The summed E-state index contributed by atoms with van der Waals surface area (Å²) in [6, 6.07) is 49.0. The molecule has 14 aromatic carbocycles. The molecule has 0 aliphatic heterocycles. The highest BCUT2D eigenvalue weighted by atomic mass is 16.5. The Morgan fingerprint density at radius 3 is 0.539 bits per heavy atom. The first-order valence-corrected chi connectivity index (χ1v) is 41.6. The molecule has 0 aliphatic rings. The van der Waals surface area contributed by atoms with E-state index in [1.165, 1.54) is 243 Å². The van der Waals surface area contributed by atoms with E-state index in [-0.39, 0.29) is 178 Å². The number of benzene rings is 14. The molecule has 0 heterocycles. The smallest absolute Gasteiger partial charge is 0.336 e. The van der Waals surface area contributed by atoms with Gasteiger partial charge in [0.05, 0.1) is 135 Å². The number of carboxylic acid groups (broad SMARTS) is 8. The third-order valence-corrected chi connectivity index (χ3v) is 22.1. The van der Waals surface area contributed by atoms with Gasteiger partial charge < -0.3 is 88.1 Å². The van der Waals surface area contributed by atoms with E-state index in [0.717, 1.165) is 0 Å². The SMILES string of the molecule is C=Cc1ccc(C(=O)Nc2ccc(Oc3ccc(NC(=O)c4ccc(C=C)cc4C(=O)O)c(NC(=O)c4ccc(C=C)cc4C(=O)O)c3)cc2NC(=O)c2ccc(C=C)cc2C(=O)O)c(C(=O)O)c1.C=Cc1ccc(C(=O)O)c(C(=O)Nc2cc(NC(=O)c3cc(C=C)ccc3C(=O)O)c3ccc4c(NC(=O)c5cc(C=C)ccc5C(=O)O)cc(NC(=O)c5cc(C=C)ccc5C(=O)O)c5ccc2c3c54)c1. The number of aromatic carboxylic acids is 8. The Bertz CT molecular complexity index is 7220. The molecule has 33 heteroatoms. The van der Waals surface area contributed by atoms with Crippen LogP contribution in [0.3, 0.4) is 0 Å². The van der Waals surface area contributed by atoms with Crippen LogP contribution in [0.2, 0.25) is 0 Å². The van der Waals surface area contributed by atoms with Gasteiger partial charge in [-0.25, -0.2) is 38.4 Å². The highest BCUT2D eigenvalue weighted by Gasteiger charge is 2.31. The normalized spacial score (nSPS) is 10.6. The summed E-state index contributed by atoms with van der Waals surface area (Å²) in [5.74, 6) is -18.6. The Kier molecular flexibility index (Phi) is 28.9. The Morgan fingerprint density at radius 2 is 0.348 bits per heavy atom. The number of carbonyl (C=O) groups excluding carboxylic acids is 8. The van der Waals surface area contributed by atoms with E-state index < -0.39 is 95.0 Å². The van der Waals surface area contributed by atoms with Gasteiger partial charge in [0.2, 0.25) is 0 Å². The molecule has 0 aliphatic carbocycles. The van der Waals surface area contributed by atoms with Gasteiger partial charge in [-0.05, 0) is 178 Å². The van der Waals surface area contributed by atoms with Crippen molar-refractivity contribution in [3.8, 4) is 11.5 Å². The van der Waals surface area contributed by atoms with E-state index in [0.29, 0.717) is 44.5 Å². The Hall–Kier alpha value is -20.6. The van der Waals surface area contributed by atoms with Gasteiger partial charge in [0.25, 0.3) is 47.3 Å². The highest BCUT2D eigenvalue weighted by Crippen LogP contribution is 2.47. The lowest BCUT2D eigenvalue weighted by Crippen LogP contribution is -2.20. The summed E-state index contributed by atoms with van der Waals surface area (Å²) >= 11 is 0. The zero-order valence-electron chi connectivity index (χ0n) is 73.6. The van der Waals surface area contributed by atoms with E-state index in [9.17, 15) is 118 Å². The van der Waals surface area contributed by atoms with Crippen LogP contribution in [0.5, 0.6) is 11.5 Å². The van der Waals surface area contributed by atoms with Gasteiger partial charge in [-0.15, -0.1) is 0 Å². The molecule has 0 atom stereocenters. The third kappa shape index (κ3) is 21.1. The van der Waals surface area contributed by atoms with E-state index in [2.05, 4.69) is 95.2 Å². The van der Waals surface area contributed by atoms with Gasteiger partial charge in [0.15, 0.2) is 0 Å². The topological polar surface area (TPSA) is 540 Å². The van der Waals surface area contributed by atoms with Gasteiger partial charge in [-0.1, -0.05) is 174 Å². The van der Waals surface area contributed by atoms with E-state index in [1.54, 1.807) is 24.3 Å². The van der Waals surface area contributed by atoms with Crippen LogP contribution in [0.1, 0.15) is 210 Å². The monoisotopic (exact) mass is 1880 g/mol. The molecule has 16 N–H and O–H groups in total. The third-order valence-electron chi connectivity index (χ3n) is 22.1. The molecule has 14 aromatic rings. The summed E-state index contributed by atoms with van der Waals surface area (Å²) < 4.78 is 6.15. The van der Waals surface area contributed by atoms with Crippen molar-refractivity contribution in [2.45, 2.75) is 0 Å². The van der Waals surface area contributed by atoms with Gasteiger partial charge in [0, 0.05) is 44.5 Å². The molecule has 0 spiro atoms.